The Labute approximate surface area is 134 Å². The summed E-state index contributed by atoms with van der Waals surface area (Å²) in [6, 6.07) is 17.2. The number of hydrazine groups is 1. The molecule has 1 aliphatic heterocycles. The van der Waals surface area contributed by atoms with E-state index in [0.717, 1.165) is 5.69 Å². The molecule has 3 nitrogen and oxygen atoms in total. The lowest BCUT2D eigenvalue weighted by Gasteiger charge is -2.18. The van der Waals surface area contributed by atoms with Crippen molar-refractivity contribution in [2.75, 3.05) is 4.41 Å². The number of aromatic nitrogens is 1. The third-order valence-corrected chi connectivity index (χ3v) is 4.83. The Balaban J connectivity index is 1.72. The van der Waals surface area contributed by atoms with E-state index in [-0.39, 0.29) is 0 Å². The third kappa shape index (κ3) is 2.16. The fourth-order valence-corrected chi connectivity index (χ4v) is 3.61. The fourth-order valence-electron chi connectivity index (χ4n) is 2.85. The highest BCUT2D eigenvalue weighted by molar-refractivity contribution is 8.03. The fraction of sp³-hybridized carbons (Fsp3) is 0.111. The van der Waals surface area contributed by atoms with E-state index in [4.69, 9.17) is 0 Å². The summed E-state index contributed by atoms with van der Waals surface area (Å²) in [6.07, 6.45) is 2.12. The number of rotatable bonds is 2. The van der Waals surface area contributed by atoms with E-state index in [2.05, 4.69) is 88.2 Å². The van der Waals surface area contributed by atoms with Crippen LogP contribution in [-0.4, -0.2) is 4.40 Å². The lowest BCUT2D eigenvalue weighted by atomic mass is 10.1. The molecule has 1 N–H and O–H groups in total. The standard InChI is InChI=1S/C18H17N3S/c1-13-11-17-5-3-4-10-20(17)18(13)15-6-8-16(9-7-15)21-19-14(2)12-22-21/h3-12,19H,1-2H3. The van der Waals surface area contributed by atoms with E-state index in [1.165, 1.54) is 28.0 Å². The Morgan fingerprint density at radius 2 is 1.82 bits per heavy atom. The van der Waals surface area contributed by atoms with Crippen molar-refractivity contribution >= 4 is 23.2 Å². The highest BCUT2D eigenvalue weighted by atomic mass is 32.2. The molecule has 0 unspecified atom stereocenters. The van der Waals surface area contributed by atoms with Gasteiger partial charge in [-0.3, -0.25) is 5.43 Å². The zero-order valence-electron chi connectivity index (χ0n) is 12.6. The van der Waals surface area contributed by atoms with Gasteiger partial charge in [0, 0.05) is 34.8 Å². The molecule has 2 aromatic heterocycles. The molecule has 0 spiro atoms. The summed E-state index contributed by atoms with van der Waals surface area (Å²) in [4.78, 5) is 0. The van der Waals surface area contributed by atoms with E-state index in [1.807, 2.05) is 0 Å². The first-order valence-electron chi connectivity index (χ1n) is 7.30. The summed E-state index contributed by atoms with van der Waals surface area (Å²) in [6.45, 7) is 4.23. The lowest BCUT2D eigenvalue weighted by Crippen LogP contribution is -2.25. The molecule has 0 saturated heterocycles. The number of aryl methyl sites for hydroxylation is 1. The monoisotopic (exact) mass is 307 g/mol. The Morgan fingerprint density at radius 3 is 2.55 bits per heavy atom. The predicted octanol–water partition coefficient (Wildman–Crippen LogP) is 4.75. The summed E-state index contributed by atoms with van der Waals surface area (Å²) >= 11 is 1.67. The van der Waals surface area contributed by atoms with Crippen LogP contribution >= 0.6 is 11.9 Å². The Hall–Kier alpha value is -2.33. The highest BCUT2D eigenvalue weighted by Gasteiger charge is 2.13. The quantitative estimate of drug-likeness (QED) is 0.690. The van der Waals surface area contributed by atoms with Crippen molar-refractivity contribution in [3.05, 3.63) is 71.4 Å². The van der Waals surface area contributed by atoms with Crippen molar-refractivity contribution < 1.29 is 0 Å². The van der Waals surface area contributed by atoms with Gasteiger partial charge in [0.15, 0.2) is 0 Å². The van der Waals surface area contributed by atoms with E-state index in [0.29, 0.717) is 0 Å². The minimum atomic E-state index is 1.15. The van der Waals surface area contributed by atoms with Gasteiger partial charge >= 0.3 is 0 Å². The topological polar surface area (TPSA) is 19.7 Å². The molecule has 3 aromatic rings. The van der Waals surface area contributed by atoms with Gasteiger partial charge in [-0.15, -0.1) is 0 Å². The molecule has 0 aliphatic carbocycles. The maximum Gasteiger partial charge on any atom is 0.0705 e. The van der Waals surface area contributed by atoms with Crippen LogP contribution in [0.5, 0.6) is 0 Å². The molecular formula is C18H17N3S. The van der Waals surface area contributed by atoms with Gasteiger partial charge in [-0.05, 0) is 55.3 Å². The molecule has 0 amide bonds. The Bertz CT molecular complexity index is 862. The number of benzene rings is 1. The molecule has 3 heterocycles. The second kappa shape index (κ2) is 5.14. The second-order valence-electron chi connectivity index (χ2n) is 5.53. The highest BCUT2D eigenvalue weighted by Crippen LogP contribution is 2.31. The van der Waals surface area contributed by atoms with E-state index < -0.39 is 0 Å². The first-order valence-corrected chi connectivity index (χ1v) is 8.13. The van der Waals surface area contributed by atoms with Crippen LogP contribution in [0.4, 0.5) is 5.69 Å². The number of hydrogen-bond donors (Lipinski definition) is 1. The van der Waals surface area contributed by atoms with Crippen LogP contribution in [0.3, 0.4) is 0 Å². The van der Waals surface area contributed by atoms with Crippen LogP contribution in [0, 0.1) is 6.92 Å². The number of allylic oxidation sites excluding steroid dienone is 1. The SMILES string of the molecule is CC1=CSN(c2ccc(-c3c(C)cc4ccccn34)cc2)N1. The van der Waals surface area contributed by atoms with Crippen molar-refractivity contribution in [1.82, 2.24) is 9.83 Å². The number of hydrogen-bond acceptors (Lipinski definition) is 3. The van der Waals surface area contributed by atoms with Crippen LogP contribution in [-0.2, 0) is 0 Å². The van der Waals surface area contributed by atoms with Crippen molar-refractivity contribution in [1.29, 1.82) is 0 Å². The maximum absolute atomic E-state index is 3.32. The number of nitrogens with one attached hydrogen (secondary N) is 1. The zero-order chi connectivity index (χ0) is 15.1. The average Bonchev–Trinajstić information content (AvgIpc) is 3.10. The molecule has 4 heteroatoms. The summed E-state index contributed by atoms with van der Waals surface area (Å²) in [5.41, 5.74) is 10.7. The zero-order valence-corrected chi connectivity index (χ0v) is 13.4. The van der Waals surface area contributed by atoms with Gasteiger partial charge in [-0.1, -0.05) is 18.2 Å². The van der Waals surface area contributed by atoms with Gasteiger partial charge in [0.2, 0.25) is 0 Å². The van der Waals surface area contributed by atoms with Crippen LogP contribution in [0.25, 0.3) is 16.8 Å². The first-order chi connectivity index (χ1) is 10.7. The maximum atomic E-state index is 3.32. The summed E-state index contributed by atoms with van der Waals surface area (Å²) in [7, 11) is 0. The molecule has 0 fully saturated rings. The van der Waals surface area contributed by atoms with Crippen LogP contribution in [0.1, 0.15) is 12.5 Å². The lowest BCUT2D eigenvalue weighted by molar-refractivity contribution is 0.908. The molecule has 0 saturated carbocycles. The van der Waals surface area contributed by atoms with Crippen LogP contribution < -0.4 is 9.84 Å². The van der Waals surface area contributed by atoms with Gasteiger partial charge in [-0.2, -0.15) is 0 Å². The summed E-state index contributed by atoms with van der Waals surface area (Å²) in [5.74, 6) is 0. The predicted molar refractivity (Wildman–Crippen MR) is 94.5 cm³/mol. The van der Waals surface area contributed by atoms with Gasteiger partial charge in [-0.25, -0.2) is 4.41 Å². The molecule has 1 aromatic carbocycles. The number of nitrogens with zero attached hydrogens (tertiary/aromatic N) is 2. The van der Waals surface area contributed by atoms with Crippen molar-refractivity contribution in [3.8, 4) is 11.3 Å². The number of anilines is 1. The largest absolute Gasteiger partial charge is 0.316 e. The Kier molecular flexibility index (Phi) is 3.12. The third-order valence-electron chi connectivity index (χ3n) is 3.86. The van der Waals surface area contributed by atoms with Crippen molar-refractivity contribution in [2.24, 2.45) is 0 Å². The summed E-state index contributed by atoms with van der Waals surface area (Å²) < 4.78 is 4.32. The van der Waals surface area contributed by atoms with Crippen LogP contribution in [0.15, 0.2) is 65.8 Å². The number of fused-ring (bicyclic) bond motifs is 1. The molecule has 0 radical (unpaired) electrons. The molecule has 110 valence electrons. The second-order valence-corrected chi connectivity index (χ2v) is 6.34. The van der Waals surface area contributed by atoms with E-state index >= 15 is 0 Å². The van der Waals surface area contributed by atoms with Gasteiger partial charge in [0.25, 0.3) is 0 Å². The molecular weight excluding hydrogens is 290 g/mol. The number of pyridine rings is 1. The van der Waals surface area contributed by atoms with E-state index in [1.54, 1.807) is 11.9 Å². The smallest absolute Gasteiger partial charge is 0.0705 e. The van der Waals surface area contributed by atoms with Crippen molar-refractivity contribution in [2.45, 2.75) is 13.8 Å². The minimum absolute atomic E-state index is 1.15. The molecule has 0 bridgehead atoms. The summed E-state index contributed by atoms with van der Waals surface area (Å²) in [5, 5.41) is 2.11. The van der Waals surface area contributed by atoms with E-state index in [9.17, 15) is 0 Å². The van der Waals surface area contributed by atoms with Gasteiger partial charge in [0.1, 0.15) is 0 Å². The Morgan fingerprint density at radius 1 is 1.00 bits per heavy atom. The molecule has 4 rings (SSSR count). The normalized spacial score (nSPS) is 14.3. The van der Waals surface area contributed by atoms with Crippen LogP contribution in [0.2, 0.25) is 0 Å². The molecule has 0 atom stereocenters. The molecule has 1 aliphatic rings. The average molecular weight is 307 g/mol. The van der Waals surface area contributed by atoms with Crippen molar-refractivity contribution in [3.63, 3.8) is 0 Å². The van der Waals surface area contributed by atoms with Gasteiger partial charge in [0.05, 0.1) is 11.4 Å². The minimum Gasteiger partial charge on any atom is -0.316 e. The first kappa shape index (κ1) is 13.3. The van der Waals surface area contributed by atoms with Gasteiger partial charge < -0.3 is 4.40 Å². The molecule has 22 heavy (non-hydrogen) atoms.